The molecule has 0 saturated heterocycles. The Kier molecular flexibility index (Phi) is 6.48. The molecule has 0 aliphatic rings. The van der Waals surface area contributed by atoms with Gasteiger partial charge in [-0.05, 0) is 18.6 Å². The van der Waals surface area contributed by atoms with E-state index in [1.807, 2.05) is 0 Å². The number of carbonyl (C=O) groups is 2. The summed E-state index contributed by atoms with van der Waals surface area (Å²) in [6, 6.07) is 5.85. The molecule has 0 saturated carbocycles. The van der Waals surface area contributed by atoms with Crippen molar-refractivity contribution in [2.24, 2.45) is 5.73 Å². The van der Waals surface area contributed by atoms with E-state index in [1.54, 1.807) is 24.3 Å². The standard InChI is InChI=1S/C13H18N2O5/c1-19-7-6-9(14)13(18)15-10-4-2-3-5-11(10)20-8-12(16)17/h2-5,9H,6-8,14H2,1H3,(H,15,18)(H,16,17). The first kappa shape index (κ1) is 15.9. The van der Waals surface area contributed by atoms with Gasteiger partial charge in [0.25, 0.3) is 0 Å². The molecule has 0 aliphatic carbocycles. The second-order valence-electron chi connectivity index (χ2n) is 4.06. The molecule has 0 aromatic heterocycles. The highest BCUT2D eigenvalue weighted by Crippen LogP contribution is 2.23. The van der Waals surface area contributed by atoms with Gasteiger partial charge in [0.1, 0.15) is 5.75 Å². The van der Waals surface area contributed by atoms with Crippen LogP contribution in [0.4, 0.5) is 5.69 Å². The minimum atomic E-state index is -1.09. The van der Waals surface area contributed by atoms with Crippen LogP contribution >= 0.6 is 0 Å². The van der Waals surface area contributed by atoms with Crippen LogP contribution in [0.25, 0.3) is 0 Å². The smallest absolute Gasteiger partial charge is 0.341 e. The number of nitrogens with two attached hydrogens (primary N) is 1. The maximum absolute atomic E-state index is 11.8. The molecule has 1 amide bonds. The lowest BCUT2D eigenvalue weighted by molar-refractivity contribution is -0.139. The van der Waals surface area contributed by atoms with Crippen molar-refractivity contribution in [1.29, 1.82) is 0 Å². The van der Waals surface area contributed by atoms with E-state index in [0.717, 1.165) is 0 Å². The van der Waals surface area contributed by atoms with Crippen molar-refractivity contribution in [2.75, 3.05) is 25.6 Å². The molecular formula is C13H18N2O5. The number of amides is 1. The summed E-state index contributed by atoms with van der Waals surface area (Å²) in [4.78, 5) is 22.3. The number of ether oxygens (including phenoxy) is 2. The van der Waals surface area contributed by atoms with Gasteiger partial charge < -0.3 is 25.6 Å². The van der Waals surface area contributed by atoms with Gasteiger partial charge in [-0.2, -0.15) is 0 Å². The second-order valence-corrected chi connectivity index (χ2v) is 4.06. The van der Waals surface area contributed by atoms with Crippen LogP contribution in [0.2, 0.25) is 0 Å². The number of benzene rings is 1. The first-order chi connectivity index (χ1) is 9.54. The zero-order chi connectivity index (χ0) is 15.0. The number of aliphatic carboxylic acids is 1. The highest BCUT2D eigenvalue weighted by molar-refractivity contribution is 5.95. The number of carbonyl (C=O) groups excluding carboxylic acids is 1. The summed E-state index contributed by atoms with van der Waals surface area (Å²) in [5.74, 6) is -1.20. The zero-order valence-electron chi connectivity index (χ0n) is 11.2. The lowest BCUT2D eigenvalue weighted by Gasteiger charge is -2.14. The van der Waals surface area contributed by atoms with Gasteiger partial charge in [-0.1, -0.05) is 12.1 Å². The third-order valence-electron chi connectivity index (χ3n) is 2.47. The minimum absolute atomic E-state index is 0.280. The topological polar surface area (TPSA) is 111 Å². The van der Waals surface area contributed by atoms with E-state index in [1.165, 1.54) is 7.11 Å². The predicted molar refractivity (Wildman–Crippen MR) is 72.7 cm³/mol. The molecule has 0 aliphatic heterocycles. The molecule has 1 aromatic carbocycles. The molecule has 0 fully saturated rings. The molecule has 0 radical (unpaired) electrons. The quantitative estimate of drug-likeness (QED) is 0.638. The van der Waals surface area contributed by atoms with Crippen LogP contribution < -0.4 is 15.8 Å². The molecule has 1 rings (SSSR count). The highest BCUT2D eigenvalue weighted by atomic mass is 16.5. The number of rotatable bonds is 8. The third kappa shape index (κ3) is 5.25. The monoisotopic (exact) mass is 282 g/mol. The summed E-state index contributed by atoms with van der Waals surface area (Å²) in [6.07, 6.45) is 0.389. The van der Waals surface area contributed by atoms with Gasteiger partial charge in [0, 0.05) is 13.7 Å². The van der Waals surface area contributed by atoms with Gasteiger partial charge in [0.05, 0.1) is 11.7 Å². The average molecular weight is 282 g/mol. The summed E-state index contributed by atoms with van der Waals surface area (Å²) >= 11 is 0. The zero-order valence-corrected chi connectivity index (χ0v) is 11.2. The van der Waals surface area contributed by atoms with Gasteiger partial charge in [-0.15, -0.1) is 0 Å². The summed E-state index contributed by atoms with van der Waals surface area (Å²) in [6.45, 7) is -0.103. The first-order valence-corrected chi connectivity index (χ1v) is 6.03. The van der Waals surface area contributed by atoms with Crippen molar-refractivity contribution in [1.82, 2.24) is 0 Å². The van der Waals surface area contributed by atoms with E-state index < -0.39 is 18.6 Å². The molecule has 0 bridgehead atoms. The van der Waals surface area contributed by atoms with Crippen LogP contribution in [0.1, 0.15) is 6.42 Å². The number of para-hydroxylation sites is 2. The average Bonchev–Trinajstić information content (AvgIpc) is 2.43. The van der Waals surface area contributed by atoms with Crippen LogP contribution in [0.3, 0.4) is 0 Å². The fourth-order valence-electron chi connectivity index (χ4n) is 1.44. The number of anilines is 1. The van der Waals surface area contributed by atoms with Crippen molar-refractivity contribution in [3.05, 3.63) is 24.3 Å². The van der Waals surface area contributed by atoms with Crippen molar-refractivity contribution in [3.63, 3.8) is 0 Å². The number of carboxylic acid groups (broad SMARTS) is 1. The first-order valence-electron chi connectivity index (χ1n) is 6.03. The lowest BCUT2D eigenvalue weighted by atomic mass is 10.2. The third-order valence-corrected chi connectivity index (χ3v) is 2.47. The van der Waals surface area contributed by atoms with Crippen molar-refractivity contribution < 1.29 is 24.2 Å². The van der Waals surface area contributed by atoms with Crippen LogP contribution in [0, 0.1) is 0 Å². The number of hydrogen-bond donors (Lipinski definition) is 3. The van der Waals surface area contributed by atoms with Gasteiger partial charge >= 0.3 is 5.97 Å². The van der Waals surface area contributed by atoms with Gasteiger partial charge in [0.15, 0.2) is 6.61 Å². The fourth-order valence-corrected chi connectivity index (χ4v) is 1.44. The summed E-state index contributed by atoms with van der Waals surface area (Å²) in [5.41, 5.74) is 6.08. The summed E-state index contributed by atoms with van der Waals surface area (Å²) in [5, 5.41) is 11.2. The second kappa shape index (κ2) is 8.13. The number of nitrogens with one attached hydrogen (secondary N) is 1. The molecule has 20 heavy (non-hydrogen) atoms. The van der Waals surface area contributed by atoms with Crippen LogP contribution in [-0.2, 0) is 14.3 Å². The molecule has 1 aromatic rings. The Morgan fingerprint density at radius 1 is 1.40 bits per heavy atom. The Morgan fingerprint density at radius 2 is 2.10 bits per heavy atom. The van der Waals surface area contributed by atoms with Crippen molar-refractivity contribution in [2.45, 2.75) is 12.5 Å². The predicted octanol–water partition coefficient (Wildman–Crippen LogP) is 0.452. The van der Waals surface area contributed by atoms with Crippen LogP contribution in [-0.4, -0.2) is 43.3 Å². The Balaban J connectivity index is 2.66. The van der Waals surface area contributed by atoms with E-state index in [9.17, 15) is 9.59 Å². The molecule has 7 heteroatoms. The normalized spacial score (nSPS) is 11.7. The minimum Gasteiger partial charge on any atom is -0.480 e. The Bertz CT molecular complexity index is 464. The van der Waals surface area contributed by atoms with E-state index in [2.05, 4.69) is 5.32 Å². The van der Waals surface area contributed by atoms with E-state index in [-0.39, 0.29) is 11.7 Å². The fraction of sp³-hybridized carbons (Fsp3) is 0.385. The molecular weight excluding hydrogens is 264 g/mol. The summed E-state index contributed by atoms with van der Waals surface area (Å²) in [7, 11) is 1.53. The number of methoxy groups -OCH3 is 1. The molecule has 7 nitrogen and oxygen atoms in total. The lowest BCUT2D eigenvalue weighted by Crippen LogP contribution is -2.36. The van der Waals surface area contributed by atoms with Crippen molar-refractivity contribution >= 4 is 17.6 Å². The van der Waals surface area contributed by atoms with Crippen molar-refractivity contribution in [3.8, 4) is 5.75 Å². The number of carboxylic acids is 1. The van der Waals surface area contributed by atoms with Gasteiger partial charge in [0.2, 0.25) is 5.91 Å². The van der Waals surface area contributed by atoms with E-state index >= 15 is 0 Å². The van der Waals surface area contributed by atoms with Gasteiger partial charge in [-0.25, -0.2) is 4.79 Å². The molecule has 0 spiro atoms. The SMILES string of the molecule is COCCC(N)C(=O)Nc1ccccc1OCC(=O)O. The molecule has 1 atom stereocenters. The number of hydrogen-bond acceptors (Lipinski definition) is 5. The van der Waals surface area contributed by atoms with Gasteiger partial charge in [-0.3, -0.25) is 4.79 Å². The van der Waals surface area contributed by atoms with E-state index in [4.69, 9.17) is 20.3 Å². The molecule has 1 unspecified atom stereocenters. The molecule has 0 heterocycles. The Hall–Kier alpha value is -2.12. The largest absolute Gasteiger partial charge is 0.480 e. The highest BCUT2D eigenvalue weighted by Gasteiger charge is 2.15. The maximum atomic E-state index is 11.8. The van der Waals surface area contributed by atoms with E-state index in [0.29, 0.717) is 18.7 Å². The molecule has 4 N–H and O–H groups in total. The Morgan fingerprint density at radius 3 is 2.75 bits per heavy atom. The molecule has 110 valence electrons. The van der Waals surface area contributed by atoms with Crippen LogP contribution in [0.15, 0.2) is 24.3 Å². The maximum Gasteiger partial charge on any atom is 0.341 e. The summed E-state index contributed by atoms with van der Waals surface area (Å²) < 4.78 is 9.93. The Labute approximate surface area is 116 Å². The van der Waals surface area contributed by atoms with Crippen LogP contribution in [0.5, 0.6) is 5.75 Å².